The Balaban J connectivity index is 0.00000450. The van der Waals surface area contributed by atoms with E-state index in [0.29, 0.717) is 18.1 Å². The van der Waals surface area contributed by atoms with E-state index in [2.05, 4.69) is 23.8 Å². The molecule has 4 nitrogen and oxygen atoms in total. The topological polar surface area (TPSA) is 72.6 Å². The Labute approximate surface area is 175 Å². The van der Waals surface area contributed by atoms with Gasteiger partial charge < -0.3 is 16.1 Å². The summed E-state index contributed by atoms with van der Waals surface area (Å²) in [5.74, 6) is -6.12. The van der Waals surface area contributed by atoms with E-state index in [-0.39, 0.29) is 30.7 Å². The van der Waals surface area contributed by atoms with E-state index in [1.165, 1.54) is 26.0 Å². The van der Waals surface area contributed by atoms with Gasteiger partial charge in [-0.15, -0.1) is 0 Å². The van der Waals surface area contributed by atoms with Crippen molar-refractivity contribution in [3.05, 3.63) is 65.7 Å². The molecule has 4 N–H and O–H groups in total. The standard InChI is InChI=1S/C22H26F4N2O.H2O.H2/c1-12(10-13(2)21(4,5)24)15-11-27-20(29)18(15)14(3)28-17-9-7-8-16(23)19(17)22(6,25)26;;/h7-10,15,18,28H,1,3,11H2,2,4-6H3,(H,27,29);1H2;1H/b13-10+;;/t15-,18-;;/m1../s1. The van der Waals surface area contributed by atoms with Crippen LogP contribution in [-0.4, -0.2) is 23.6 Å². The third-order valence-electron chi connectivity index (χ3n) is 5.12. The summed E-state index contributed by atoms with van der Waals surface area (Å²) >= 11 is 0. The minimum Gasteiger partial charge on any atom is -0.412 e. The van der Waals surface area contributed by atoms with Crippen molar-refractivity contribution in [1.29, 1.82) is 0 Å². The van der Waals surface area contributed by atoms with Crippen molar-refractivity contribution in [2.45, 2.75) is 39.3 Å². The van der Waals surface area contributed by atoms with Crippen LogP contribution in [0.4, 0.5) is 23.2 Å². The van der Waals surface area contributed by atoms with Gasteiger partial charge in [-0.25, -0.2) is 17.6 Å². The molecular weight excluding hydrogens is 400 g/mol. The molecule has 1 heterocycles. The van der Waals surface area contributed by atoms with Gasteiger partial charge in [0, 0.05) is 26.5 Å². The van der Waals surface area contributed by atoms with Gasteiger partial charge in [0.1, 0.15) is 11.5 Å². The van der Waals surface area contributed by atoms with Gasteiger partial charge in [-0.3, -0.25) is 4.79 Å². The molecule has 8 heteroatoms. The summed E-state index contributed by atoms with van der Waals surface area (Å²) < 4.78 is 55.9. The van der Waals surface area contributed by atoms with E-state index < -0.39 is 34.8 Å². The summed E-state index contributed by atoms with van der Waals surface area (Å²) in [4.78, 5) is 12.4. The van der Waals surface area contributed by atoms with Crippen LogP contribution < -0.4 is 10.6 Å². The number of rotatable bonds is 7. The van der Waals surface area contributed by atoms with Gasteiger partial charge in [0.2, 0.25) is 5.91 Å². The molecule has 0 unspecified atom stereocenters. The number of alkyl halides is 3. The summed E-state index contributed by atoms with van der Waals surface area (Å²) in [6, 6.07) is 3.54. The second-order valence-electron chi connectivity index (χ2n) is 7.91. The maximum absolute atomic E-state index is 14.1. The fourth-order valence-corrected chi connectivity index (χ4v) is 3.25. The highest BCUT2D eigenvalue weighted by molar-refractivity contribution is 5.85. The zero-order valence-corrected chi connectivity index (χ0v) is 17.5. The highest BCUT2D eigenvalue weighted by Crippen LogP contribution is 2.38. The zero-order chi connectivity index (χ0) is 22.1. The number of amides is 1. The number of nitrogens with one attached hydrogen (secondary N) is 2. The lowest BCUT2D eigenvalue weighted by Crippen LogP contribution is -2.26. The Morgan fingerprint density at radius 2 is 1.87 bits per heavy atom. The molecule has 1 saturated heterocycles. The van der Waals surface area contributed by atoms with Crippen LogP contribution in [0, 0.1) is 17.7 Å². The summed E-state index contributed by atoms with van der Waals surface area (Å²) in [5, 5.41) is 5.38. The smallest absolute Gasteiger partial charge is 0.275 e. The number of benzene rings is 1. The van der Waals surface area contributed by atoms with Gasteiger partial charge in [0.25, 0.3) is 5.92 Å². The van der Waals surface area contributed by atoms with Crippen LogP contribution in [-0.2, 0) is 10.7 Å². The van der Waals surface area contributed by atoms with Crippen molar-refractivity contribution in [1.82, 2.24) is 5.32 Å². The minimum atomic E-state index is -3.43. The van der Waals surface area contributed by atoms with Crippen LogP contribution in [0.2, 0.25) is 0 Å². The maximum Gasteiger partial charge on any atom is 0.275 e. The van der Waals surface area contributed by atoms with Crippen LogP contribution in [0.25, 0.3) is 0 Å². The molecule has 0 aromatic heterocycles. The summed E-state index contributed by atoms with van der Waals surface area (Å²) in [5.41, 5.74) is -1.43. The van der Waals surface area contributed by atoms with E-state index in [0.717, 1.165) is 6.07 Å². The second kappa shape index (κ2) is 9.04. The van der Waals surface area contributed by atoms with Gasteiger partial charge in [-0.2, -0.15) is 0 Å². The number of allylic oxidation sites excluding steroid dienone is 2. The molecule has 1 aliphatic heterocycles. The molecular formula is C22H30F4N2O2. The molecule has 0 radical (unpaired) electrons. The third-order valence-corrected chi connectivity index (χ3v) is 5.12. The molecule has 1 aromatic carbocycles. The van der Waals surface area contributed by atoms with Gasteiger partial charge in [0.15, 0.2) is 0 Å². The van der Waals surface area contributed by atoms with E-state index >= 15 is 0 Å². The molecule has 2 atom stereocenters. The average molecular weight is 430 g/mol. The van der Waals surface area contributed by atoms with Crippen LogP contribution >= 0.6 is 0 Å². The van der Waals surface area contributed by atoms with E-state index in [1.807, 2.05) is 0 Å². The van der Waals surface area contributed by atoms with E-state index in [4.69, 9.17) is 0 Å². The van der Waals surface area contributed by atoms with E-state index in [1.54, 1.807) is 13.0 Å². The highest BCUT2D eigenvalue weighted by atomic mass is 19.3. The largest absolute Gasteiger partial charge is 0.412 e. The normalized spacial score (nSPS) is 19.7. The molecule has 0 bridgehead atoms. The predicted octanol–water partition coefficient (Wildman–Crippen LogP) is 4.90. The Bertz CT molecular complexity index is 873. The Morgan fingerprint density at radius 1 is 1.27 bits per heavy atom. The van der Waals surface area contributed by atoms with Crippen LogP contribution in [0.5, 0.6) is 0 Å². The SMILES string of the molecule is C=C(Nc1cccc(F)c1C(C)(F)F)[C@H]1C(=O)NC[C@@H]1C(=C)/C=C(\C)C(C)(C)F.O.[HH]. The predicted molar refractivity (Wildman–Crippen MR) is 113 cm³/mol. The third kappa shape index (κ3) is 5.50. The second-order valence-corrected chi connectivity index (χ2v) is 7.91. The van der Waals surface area contributed by atoms with Crippen LogP contribution in [0.1, 0.15) is 34.7 Å². The lowest BCUT2D eigenvalue weighted by atomic mass is 9.85. The van der Waals surface area contributed by atoms with E-state index in [9.17, 15) is 22.4 Å². The molecule has 0 spiro atoms. The Morgan fingerprint density at radius 3 is 2.40 bits per heavy atom. The van der Waals surface area contributed by atoms with Crippen molar-refractivity contribution < 1.29 is 29.3 Å². The molecule has 0 aliphatic carbocycles. The molecule has 0 saturated carbocycles. The van der Waals surface area contributed by atoms with Crippen LogP contribution in [0.15, 0.2) is 54.3 Å². The lowest BCUT2D eigenvalue weighted by Gasteiger charge is -2.24. The summed E-state index contributed by atoms with van der Waals surface area (Å²) in [7, 11) is 0. The average Bonchev–Trinajstić information content (AvgIpc) is 2.94. The quantitative estimate of drug-likeness (QED) is 0.477. The van der Waals surface area contributed by atoms with Crippen molar-refractivity contribution in [2.75, 3.05) is 11.9 Å². The number of carbonyl (C=O) groups is 1. The lowest BCUT2D eigenvalue weighted by molar-refractivity contribution is -0.121. The van der Waals surface area contributed by atoms with Crippen LogP contribution in [0.3, 0.4) is 0 Å². The zero-order valence-electron chi connectivity index (χ0n) is 17.5. The Kier molecular flexibility index (Phi) is 7.66. The number of hydrogen-bond donors (Lipinski definition) is 2. The summed E-state index contributed by atoms with van der Waals surface area (Å²) in [6.07, 6.45) is 1.58. The van der Waals surface area contributed by atoms with Gasteiger partial charge >= 0.3 is 0 Å². The highest BCUT2D eigenvalue weighted by Gasteiger charge is 2.39. The van der Waals surface area contributed by atoms with Gasteiger partial charge in [-0.1, -0.05) is 25.3 Å². The fraction of sp³-hybridized carbons (Fsp3) is 0.409. The molecule has 168 valence electrons. The number of anilines is 1. The van der Waals surface area contributed by atoms with Gasteiger partial charge in [0.05, 0.1) is 17.2 Å². The minimum absolute atomic E-state index is 0. The molecule has 1 aliphatic rings. The van der Waals surface area contributed by atoms with Crippen molar-refractivity contribution >= 4 is 11.6 Å². The van der Waals surface area contributed by atoms with Gasteiger partial charge in [-0.05, 0) is 44.1 Å². The first-order valence-electron chi connectivity index (χ1n) is 9.20. The number of hydrogen-bond acceptors (Lipinski definition) is 2. The fourth-order valence-electron chi connectivity index (χ4n) is 3.25. The summed E-state index contributed by atoms with van der Waals surface area (Å²) in [6.45, 7) is 13.1. The molecule has 2 rings (SSSR count). The molecule has 30 heavy (non-hydrogen) atoms. The first-order valence-corrected chi connectivity index (χ1v) is 9.20. The van der Waals surface area contributed by atoms with Crippen molar-refractivity contribution in [3.8, 4) is 0 Å². The molecule has 1 amide bonds. The molecule has 1 fully saturated rings. The van der Waals surface area contributed by atoms with Crippen molar-refractivity contribution in [3.63, 3.8) is 0 Å². The first kappa shape index (κ1) is 25.4. The molecule has 1 aromatic rings. The number of halogens is 4. The monoisotopic (exact) mass is 430 g/mol. The first-order chi connectivity index (χ1) is 13.2. The maximum atomic E-state index is 14.1. The Hall–Kier alpha value is -2.61. The number of carbonyl (C=O) groups excluding carboxylic acids is 1. The van der Waals surface area contributed by atoms with Crippen molar-refractivity contribution in [2.24, 2.45) is 11.8 Å².